The molecule has 176 valence electrons. The lowest BCUT2D eigenvalue weighted by atomic mass is 9.94. The summed E-state index contributed by atoms with van der Waals surface area (Å²) >= 11 is 0. The van der Waals surface area contributed by atoms with Crippen molar-refractivity contribution in [2.24, 2.45) is 0 Å². The standard InChI is InChI=1S/C22H19N3O9/c1-10-3-5-15(13(7-10)25(31)32)34-9-12-8-11(4-6-14(12)33-2)16-17(21(27)28)19(23)24-20(26)18(16)22(29)30/h3-8H,9H2,1-2H3,(H,27,28)(H,29,30)(H3,23,24,26). The van der Waals surface area contributed by atoms with E-state index in [9.17, 15) is 34.7 Å². The molecule has 1 heterocycles. The molecular formula is C22H19N3O9. The summed E-state index contributed by atoms with van der Waals surface area (Å²) in [4.78, 5) is 48.7. The number of carboxylic acids is 2. The number of anilines is 1. The Hall–Kier alpha value is -4.87. The summed E-state index contributed by atoms with van der Waals surface area (Å²) in [5, 5.41) is 30.5. The normalized spacial score (nSPS) is 10.5. The highest BCUT2D eigenvalue weighted by atomic mass is 16.6. The molecule has 3 aromatic rings. The lowest BCUT2D eigenvalue weighted by Gasteiger charge is -2.15. The van der Waals surface area contributed by atoms with Crippen LogP contribution in [0.2, 0.25) is 0 Å². The molecule has 12 nitrogen and oxygen atoms in total. The van der Waals surface area contributed by atoms with Crippen LogP contribution >= 0.6 is 0 Å². The molecule has 34 heavy (non-hydrogen) atoms. The monoisotopic (exact) mass is 469 g/mol. The molecule has 0 aliphatic rings. The fraction of sp³-hybridized carbons (Fsp3) is 0.136. The highest BCUT2D eigenvalue weighted by Gasteiger charge is 2.27. The van der Waals surface area contributed by atoms with Crippen LogP contribution in [0.4, 0.5) is 11.5 Å². The number of nitro groups is 1. The number of aromatic nitrogens is 1. The van der Waals surface area contributed by atoms with E-state index < -0.39 is 44.9 Å². The molecule has 0 radical (unpaired) electrons. The first kappa shape index (κ1) is 23.8. The van der Waals surface area contributed by atoms with E-state index >= 15 is 0 Å². The van der Waals surface area contributed by atoms with E-state index in [0.29, 0.717) is 11.1 Å². The van der Waals surface area contributed by atoms with Crippen LogP contribution in [-0.2, 0) is 6.61 Å². The number of H-pyrrole nitrogens is 1. The Labute approximate surface area is 191 Å². The minimum Gasteiger partial charge on any atom is -0.496 e. The fourth-order valence-corrected chi connectivity index (χ4v) is 3.43. The minimum atomic E-state index is -1.65. The second-order valence-electron chi connectivity index (χ2n) is 7.15. The number of hydrogen-bond acceptors (Lipinski definition) is 8. The summed E-state index contributed by atoms with van der Waals surface area (Å²) in [6.07, 6.45) is 0. The number of nitro benzene ring substituents is 1. The van der Waals surface area contributed by atoms with E-state index in [1.54, 1.807) is 13.0 Å². The second-order valence-corrected chi connectivity index (χ2v) is 7.15. The Morgan fingerprint density at radius 1 is 1.09 bits per heavy atom. The average Bonchev–Trinajstić information content (AvgIpc) is 2.76. The van der Waals surface area contributed by atoms with Gasteiger partial charge in [0.05, 0.1) is 12.0 Å². The van der Waals surface area contributed by atoms with Gasteiger partial charge < -0.3 is 30.4 Å². The van der Waals surface area contributed by atoms with Gasteiger partial charge in [0.1, 0.15) is 29.3 Å². The molecule has 1 aromatic heterocycles. The molecule has 0 atom stereocenters. The maximum Gasteiger partial charge on any atom is 0.342 e. The highest BCUT2D eigenvalue weighted by molar-refractivity contribution is 6.07. The number of nitrogen functional groups attached to an aromatic ring is 1. The van der Waals surface area contributed by atoms with Crippen molar-refractivity contribution in [1.82, 2.24) is 4.98 Å². The molecule has 0 saturated carbocycles. The zero-order valence-electron chi connectivity index (χ0n) is 17.9. The van der Waals surface area contributed by atoms with Crippen molar-refractivity contribution in [1.29, 1.82) is 0 Å². The molecule has 0 aliphatic carbocycles. The first-order chi connectivity index (χ1) is 16.0. The molecule has 3 rings (SSSR count). The molecule has 0 unspecified atom stereocenters. The van der Waals surface area contributed by atoms with Crippen molar-refractivity contribution in [3.05, 3.63) is 79.1 Å². The molecule has 0 fully saturated rings. The third-order valence-corrected chi connectivity index (χ3v) is 4.94. The number of aryl methyl sites for hydroxylation is 1. The van der Waals surface area contributed by atoms with Gasteiger partial charge in [0.2, 0.25) is 0 Å². The number of nitrogens with one attached hydrogen (secondary N) is 1. The van der Waals surface area contributed by atoms with Gasteiger partial charge in [-0.1, -0.05) is 12.1 Å². The van der Waals surface area contributed by atoms with Crippen molar-refractivity contribution in [2.75, 3.05) is 12.8 Å². The predicted molar refractivity (Wildman–Crippen MR) is 120 cm³/mol. The van der Waals surface area contributed by atoms with Crippen molar-refractivity contribution in [3.8, 4) is 22.6 Å². The summed E-state index contributed by atoms with van der Waals surface area (Å²) in [5.74, 6) is -3.44. The Bertz CT molecular complexity index is 1380. The number of nitrogens with zero attached hydrogens (tertiary/aromatic N) is 1. The molecular weight excluding hydrogens is 450 g/mol. The minimum absolute atomic E-state index is 0.0130. The number of pyridine rings is 1. The Balaban J connectivity index is 2.16. The van der Waals surface area contributed by atoms with Crippen LogP contribution in [-0.4, -0.2) is 39.2 Å². The van der Waals surface area contributed by atoms with Crippen LogP contribution in [0, 0.1) is 17.0 Å². The number of carboxylic acid groups (broad SMARTS) is 2. The topological polar surface area (TPSA) is 195 Å². The van der Waals surface area contributed by atoms with Gasteiger partial charge in [0, 0.05) is 17.2 Å². The predicted octanol–water partition coefficient (Wildman–Crippen LogP) is 2.82. The first-order valence-corrected chi connectivity index (χ1v) is 9.62. The van der Waals surface area contributed by atoms with Gasteiger partial charge in [-0.3, -0.25) is 14.9 Å². The van der Waals surface area contributed by atoms with E-state index in [1.807, 2.05) is 4.98 Å². The van der Waals surface area contributed by atoms with Crippen LogP contribution in [0.1, 0.15) is 31.8 Å². The summed E-state index contributed by atoms with van der Waals surface area (Å²) < 4.78 is 10.9. The number of carbonyl (C=O) groups is 2. The van der Waals surface area contributed by atoms with Gasteiger partial charge in [0.25, 0.3) is 5.56 Å². The Morgan fingerprint density at radius 3 is 2.32 bits per heavy atom. The number of benzene rings is 2. The summed E-state index contributed by atoms with van der Waals surface area (Å²) in [6, 6.07) is 8.57. The first-order valence-electron chi connectivity index (χ1n) is 9.62. The number of aromatic amines is 1. The van der Waals surface area contributed by atoms with Crippen LogP contribution in [0.5, 0.6) is 11.5 Å². The average molecular weight is 469 g/mol. The SMILES string of the molecule is COc1ccc(-c2c(C(=O)O)c(N)[nH]c(=O)c2C(=O)O)cc1COc1ccc(C)cc1[N+](=O)[O-]. The zero-order valence-corrected chi connectivity index (χ0v) is 17.9. The molecule has 0 amide bonds. The van der Waals surface area contributed by atoms with Crippen molar-refractivity contribution >= 4 is 23.4 Å². The van der Waals surface area contributed by atoms with Crippen LogP contribution in [0.25, 0.3) is 11.1 Å². The van der Waals surface area contributed by atoms with Gasteiger partial charge in [-0.15, -0.1) is 0 Å². The number of methoxy groups -OCH3 is 1. The largest absolute Gasteiger partial charge is 0.496 e. The lowest BCUT2D eigenvalue weighted by Crippen LogP contribution is -2.24. The number of aromatic carboxylic acids is 2. The van der Waals surface area contributed by atoms with Crippen LogP contribution in [0.3, 0.4) is 0 Å². The quantitative estimate of drug-likeness (QED) is 0.281. The summed E-state index contributed by atoms with van der Waals surface area (Å²) in [5.41, 5.74) is 3.56. The third-order valence-electron chi connectivity index (χ3n) is 4.94. The third kappa shape index (κ3) is 4.50. The lowest BCUT2D eigenvalue weighted by molar-refractivity contribution is -0.386. The van der Waals surface area contributed by atoms with Gasteiger partial charge in [0.15, 0.2) is 5.75 Å². The number of nitrogens with two attached hydrogens (primary N) is 1. The van der Waals surface area contributed by atoms with E-state index in [-0.39, 0.29) is 29.4 Å². The Morgan fingerprint density at radius 2 is 1.74 bits per heavy atom. The van der Waals surface area contributed by atoms with E-state index in [4.69, 9.17) is 15.2 Å². The molecule has 5 N–H and O–H groups in total. The molecule has 12 heteroatoms. The molecule has 0 bridgehead atoms. The smallest absolute Gasteiger partial charge is 0.342 e. The van der Waals surface area contributed by atoms with Crippen LogP contribution < -0.4 is 20.8 Å². The molecule has 0 spiro atoms. The number of ether oxygens (including phenoxy) is 2. The highest BCUT2D eigenvalue weighted by Crippen LogP contribution is 2.34. The number of hydrogen-bond donors (Lipinski definition) is 4. The van der Waals surface area contributed by atoms with Gasteiger partial charge in [-0.05, 0) is 36.2 Å². The van der Waals surface area contributed by atoms with E-state index in [0.717, 1.165) is 0 Å². The summed E-state index contributed by atoms with van der Waals surface area (Å²) in [7, 11) is 1.36. The fourth-order valence-electron chi connectivity index (χ4n) is 3.43. The maximum absolute atomic E-state index is 12.3. The summed E-state index contributed by atoms with van der Waals surface area (Å²) in [6.45, 7) is 1.45. The molecule has 0 aliphatic heterocycles. The van der Waals surface area contributed by atoms with E-state index in [1.165, 1.54) is 37.4 Å². The van der Waals surface area contributed by atoms with Gasteiger partial charge in [-0.25, -0.2) is 9.59 Å². The zero-order chi connectivity index (χ0) is 25.2. The van der Waals surface area contributed by atoms with E-state index in [2.05, 4.69) is 0 Å². The van der Waals surface area contributed by atoms with Gasteiger partial charge >= 0.3 is 17.6 Å². The second kappa shape index (κ2) is 9.32. The van der Waals surface area contributed by atoms with Crippen molar-refractivity contribution in [2.45, 2.75) is 13.5 Å². The Kier molecular flexibility index (Phi) is 6.52. The van der Waals surface area contributed by atoms with Crippen LogP contribution in [0.15, 0.2) is 41.2 Å². The maximum atomic E-state index is 12.3. The van der Waals surface area contributed by atoms with Gasteiger partial charge in [-0.2, -0.15) is 0 Å². The van der Waals surface area contributed by atoms with Crippen molar-refractivity contribution in [3.63, 3.8) is 0 Å². The molecule has 0 saturated heterocycles. The molecule has 2 aromatic carbocycles. The number of rotatable bonds is 8. The van der Waals surface area contributed by atoms with Crippen molar-refractivity contribution < 1.29 is 34.2 Å².